The van der Waals surface area contributed by atoms with Gasteiger partial charge in [0.2, 0.25) is 5.91 Å². The van der Waals surface area contributed by atoms with E-state index in [-0.39, 0.29) is 5.91 Å². The Labute approximate surface area is 160 Å². The van der Waals surface area contributed by atoms with Crippen LogP contribution in [0.5, 0.6) is 0 Å². The van der Waals surface area contributed by atoms with Gasteiger partial charge in [0.15, 0.2) is 0 Å². The minimum Gasteiger partial charge on any atom is -0.324 e. The maximum atomic E-state index is 12.7. The summed E-state index contributed by atoms with van der Waals surface area (Å²) in [5.41, 5.74) is 5.77. The van der Waals surface area contributed by atoms with E-state index in [9.17, 15) is 4.79 Å². The summed E-state index contributed by atoms with van der Waals surface area (Å²) in [7, 11) is 2.04. The molecule has 3 nitrogen and oxygen atoms in total. The molecule has 0 spiro atoms. The fraction of sp³-hybridized carbons (Fsp3) is 0.208. The van der Waals surface area contributed by atoms with Crippen LogP contribution in [0.15, 0.2) is 78.9 Å². The summed E-state index contributed by atoms with van der Waals surface area (Å²) < 4.78 is 0. The predicted octanol–water partition coefficient (Wildman–Crippen LogP) is 4.91. The molecule has 0 aliphatic heterocycles. The van der Waals surface area contributed by atoms with Crippen molar-refractivity contribution in [2.75, 3.05) is 18.9 Å². The van der Waals surface area contributed by atoms with E-state index in [0.717, 1.165) is 29.7 Å². The van der Waals surface area contributed by atoms with Gasteiger partial charge < -0.3 is 5.32 Å². The standard InChI is InChI=1S/C24H24N2O/c1-26(23-16-15-19-11-5-6-13-21(19)23)17-24(27)25-22-14-8-7-12-20(22)18-9-3-2-4-10-18/h2-14,23H,15-17H2,1H3,(H,25,27)/t23-/m1/s1. The molecule has 3 aromatic rings. The average Bonchev–Trinajstić information content (AvgIpc) is 3.13. The second kappa shape index (κ2) is 7.77. The second-order valence-corrected chi connectivity index (χ2v) is 7.13. The number of nitrogens with zero attached hydrogens (tertiary/aromatic N) is 1. The van der Waals surface area contributed by atoms with Crippen molar-refractivity contribution in [2.45, 2.75) is 18.9 Å². The van der Waals surface area contributed by atoms with Gasteiger partial charge in [0.05, 0.1) is 6.54 Å². The fourth-order valence-electron chi connectivity index (χ4n) is 3.98. The zero-order valence-corrected chi connectivity index (χ0v) is 15.6. The van der Waals surface area contributed by atoms with Crippen LogP contribution in [0, 0.1) is 0 Å². The Kier molecular flexibility index (Phi) is 5.03. The molecule has 0 aromatic heterocycles. The number of para-hydroxylation sites is 1. The normalized spacial score (nSPS) is 15.6. The summed E-state index contributed by atoms with van der Waals surface area (Å²) in [6.45, 7) is 0.377. The van der Waals surface area contributed by atoms with Crippen molar-refractivity contribution in [1.29, 1.82) is 0 Å². The monoisotopic (exact) mass is 356 g/mol. The van der Waals surface area contributed by atoms with Crippen LogP contribution in [0.3, 0.4) is 0 Å². The number of carbonyl (C=O) groups excluding carboxylic acids is 1. The lowest BCUT2D eigenvalue weighted by atomic mass is 10.0. The lowest BCUT2D eigenvalue weighted by Gasteiger charge is -2.25. The Hall–Kier alpha value is -2.91. The van der Waals surface area contributed by atoms with Crippen molar-refractivity contribution in [3.05, 3.63) is 90.0 Å². The van der Waals surface area contributed by atoms with Crippen molar-refractivity contribution in [3.63, 3.8) is 0 Å². The van der Waals surface area contributed by atoms with E-state index in [1.165, 1.54) is 11.1 Å². The lowest BCUT2D eigenvalue weighted by Crippen LogP contribution is -2.32. The van der Waals surface area contributed by atoms with Crippen molar-refractivity contribution < 1.29 is 4.79 Å². The highest BCUT2D eigenvalue weighted by Gasteiger charge is 2.26. The number of aryl methyl sites for hydroxylation is 1. The molecule has 4 rings (SSSR count). The quantitative estimate of drug-likeness (QED) is 0.704. The number of benzene rings is 3. The summed E-state index contributed by atoms with van der Waals surface area (Å²) in [4.78, 5) is 14.9. The van der Waals surface area contributed by atoms with Gasteiger partial charge in [0.1, 0.15) is 0 Å². The number of likely N-dealkylation sites (N-methyl/N-ethyl adjacent to an activating group) is 1. The first kappa shape index (κ1) is 17.5. The molecule has 1 N–H and O–H groups in total. The molecular weight excluding hydrogens is 332 g/mol. The van der Waals surface area contributed by atoms with E-state index >= 15 is 0 Å². The highest BCUT2D eigenvalue weighted by Crippen LogP contribution is 2.34. The largest absolute Gasteiger partial charge is 0.324 e. The van der Waals surface area contributed by atoms with Gasteiger partial charge in [0.25, 0.3) is 0 Å². The Morgan fingerprint density at radius 3 is 2.52 bits per heavy atom. The Bertz CT molecular complexity index is 936. The molecule has 0 radical (unpaired) electrons. The molecular formula is C24H24N2O. The van der Waals surface area contributed by atoms with Crippen LogP contribution in [0.1, 0.15) is 23.6 Å². The number of nitrogens with one attached hydrogen (secondary N) is 1. The van der Waals surface area contributed by atoms with Gasteiger partial charge in [0, 0.05) is 17.3 Å². The van der Waals surface area contributed by atoms with E-state index in [1.54, 1.807) is 0 Å². The minimum absolute atomic E-state index is 0.0188. The second-order valence-electron chi connectivity index (χ2n) is 7.13. The lowest BCUT2D eigenvalue weighted by molar-refractivity contribution is -0.117. The maximum absolute atomic E-state index is 12.7. The average molecular weight is 356 g/mol. The molecule has 1 aliphatic carbocycles. The van der Waals surface area contributed by atoms with Crippen molar-refractivity contribution in [3.8, 4) is 11.1 Å². The third kappa shape index (κ3) is 3.79. The van der Waals surface area contributed by atoms with Crippen LogP contribution in [-0.2, 0) is 11.2 Å². The van der Waals surface area contributed by atoms with Gasteiger partial charge in [-0.15, -0.1) is 0 Å². The molecule has 0 unspecified atom stereocenters. The number of rotatable bonds is 5. The van der Waals surface area contributed by atoms with Gasteiger partial charge in [-0.25, -0.2) is 0 Å². The Morgan fingerprint density at radius 2 is 1.67 bits per heavy atom. The number of amides is 1. The van der Waals surface area contributed by atoms with Gasteiger partial charge in [-0.3, -0.25) is 9.69 Å². The first-order chi connectivity index (χ1) is 13.2. The number of carbonyl (C=O) groups is 1. The van der Waals surface area contributed by atoms with E-state index < -0.39 is 0 Å². The van der Waals surface area contributed by atoms with Gasteiger partial charge in [-0.05, 0) is 42.6 Å². The molecule has 1 amide bonds. The number of hydrogen-bond acceptors (Lipinski definition) is 2. The Morgan fingerprint density at radius 1 is 0.963 bits per heavy atom. The van der Waals surface area contributed by atoms with Gasteiger partial charge in [-0.2, -0.15) is 0 Å². The van der Waals surface area contributed by atoms with Crippen molar-refractivity contribution >= 4 is 11.6 Å². The smallest absolute Gasteiger partial charge is 0.238 e. The van der Waals surface area contributed by atoms with Gasteiger partial charge in [-0.1, -0.05) is 72.8 Å². The summed E-state index contributed by atoms with van der Waals surface area (Å²) in [6, 6.07) is 27.0. The molecule has 1 atom stereocenters. The highest BCUT2D eigenvalue weighted by molar-refractivity contribution is 5.96. The van der Waals surface area contributed by atoms with Crippen molar-refractivity contribution in [2.24, 2.45) is 0 Å². The summed E-state index contributed by atoms with van der Waals surface area (Å²) >= 11 is 0. The van der Waals surface area contributed by atoms with E-state index in [4.69, 9.17) is 0 Å². The maximum Gasteiger partial charge on any atom is 0.238 e. The molecule has 0 saturated heterocycles. The molecule has 27 heavy (non-hydrogen) atoms. The first-order valence-electron chi connectivity index (χ1n) is 9.45. The van der Waals surface area contributed by atoms with E-state index in [0.29, 0.717) is 12.6 Å². The van der Waals surface area contributed by atoms with E-state index in [2.05, 4.69) is 46.6 Å². The fourth-order valence-corrected chi connectivity index (χ4v) is 3.98. The summed E-state index contributed by atoms with van der Waals surface area (Å²) in [6.07, 6.45) is 2.16. The molecule has 1 aliphatic rings. The summed E-state index contributed by atoms with van der Waals surface area (Å²) in [5, 5.41) is 3.11. The zero-order chi connectivity index (χ0) is 18.6. The van der Waals surface area contributed by atoms with Gasteiger partial charge >= 0.3 is 0 Å². The van der Waals surface area contributed by atoms with Crippen LogP contribution < -0.4 is 5.32 Å². The van der Waals surface area contributed by atoms with Crippen molar-refractivity contribution in [1.82, 2.24) is 4.90 Å². The Balaban J connectivity index is 1.46. The molecule has 136 valence electrons. The molecule has 3 heteroatoms. The molecule has 0 saturated carbocycles. The van der Waals surface area contributed by atoms with Crippen LogP contribution in [-0.4, -0.2) is 24.4 Å². The number of anilines is 1. The number of hydrogen-bond donors (Lipinski definition) is 1. The summed E-state index contributed by atoms with van der Waals surface area (Å²) in [5.74, 6) is 0.0188. The van der Waals surface area contributed by atoms with Crippen LogP contribution in [0.4, 0.5) is 5.69 Å². The topological polar surface area (TPSA) is 32.3 Å². The van der Waals surface area contributed by atoms with Crippen LogP contribution >= 0.6 is 0 Å². The van der Waals surface area contributed by atoms with Crippen LogP contribution in [0.25, 0.3) is 11.1 Å². The molecule has 3 aromatic carbocycles. The molecule has 0 heterocycles. The minimum atomic E-state index is 0.0188. The molecule has 0 fully saturated rings. The van der Waals surface area contributed by atoms with Crippen LogP contribution in [0.2, 0.25) is 0 Å². The zero-order valence-electron chi connectivity index (χ0n) is 15.6. The van der Waals surface area contributed by atoms with E-state index in [1.807, 2.05) is 49.5 Å². The predicted molar refractivity (Wildman–Crippen MR) is 111 cm³/mol. The molecule has 0 bridgehead atoms. The first-order valence-corrected chi connectivity index (χ1v) is 9.45. The third-order valence-corrected chi connectivity index (χ3v) is 5.31. The highest BCUT2D eigenvalue weighted by atomic mass is 16.2. The SMILES string of the molecule is CN(CC(=O)Nc1ccccc1-c1ccccc1)[C@@H]1CCc2ccccc21. The number of fused-ring (bicyclic) bond motifs is 1. The third-order valence-electron chi connectivity index (χ3n) is 5.31.